The molecule has 55 heavy (non-hydrogen) atoms. The maximum absolute atomic E-state index is 16.7. The lowest BCUT2D eigenvalue weighted by Gasteiger charge is -2.59. The summed E-state index contributed by atoms with van der Waals surface area (Å²) in [6, 6.07) is 1.59. The zero-order chi connectivity index (χ0) is 38.7. The monoisotopic (exact) mass is 816 g/mol. The third kappa shape index (κ3) is 4.49. The van der Waals surface area contributed by atoms with E-state index in [0.29, 0.717) is 61.8 Å². The van der Waals surface area contributed by atoms with Crippen LogP contribution in [-0.4, -0.2) is 42.9 Å². The predicted octanol–water partition coefficient (Wildman–Crippen LogP) is 9.67. The van der Waals surface area contributed by atoms with Gasteiger partial charge in [-0.05, 0) is 198 Å². The molecule has 14 heteroatoms. The number of phenols is 1. The number of sulfone groups is 1. The quantitative estimate of drug-likeness (QED) is 0.200. The number of hydrogen-bond acceptors (Lipinski definition) is 5. The lowest BCUT2D eigenvalue weighted by atomic mass is 9.46. The Balaban J connectivity index is 1.21. The van der Waals surface area contributed by atoms with Gasteiger partial charge in [-0.15, -0.1) is 0 Å². The summed E-state index contributed by atoms with van der Waals surface area (Å²) in [4.78, 5) is -1.16. The van der Waals surface area contributed by atoms with Crippen LogP contribution in [0.15, 0.2) is 11.0 Å². The molecule has 0 aliphatic heterocycles. The molecule has 13 fully saturated rings. The highest BCUT2D eigenvalue weighted by Crippen LogP contribution is 2.76. The van der Waals surface area contributed by atoms with Crippen molar-refractivity contribution in [1.29, 1.82) is 0 Å². The van der Waals surface area contributed by atoms with Crippen LogP contribution in [0.3, 0.4) is 0 Å². The second kappa shape index (κ2) is 10.6. The van der Waals surface area contributed by atoms with Crippen molar-refractivity contribution in [2.45, 2.75) is 160 Å². The van der Waals surface area contributed by atoms with Gasteiger partial charge in [0.2, 0.25) is 0 Å². The first-order chi connectivity index (χ1) is 25.5. The van der Waals surface area contributed by atoms with Crippen LogP contribution >= 0.6 is 0 Å². The number of alkyl halides is 6. The van der Waals surface area contributed by atoms with Gasteiger partial charge in [0.1, 0.15) is 5.75 Å². The first-order valence-electron chi connectivity index (χ1n) is 20.8. The Morgan fingerprint density at radius 1 is 0.545 bits per heavy atom. The minimum Gasteiger partial charge on any atom is -0.507 e. The zero-order valence-electron chi connectivity index (χ0n) is 30.8. The van der Waals surface area contributed by atoms with E-state index >= 15 is 17.6 Å². The van der Waals surface area contributed by atoms with E-state index in [1.165, 1.54) is 0 Å². The summed E-state index contributed by atoms with van der Waals surface area (Å²) in [7, 11) is -14.1. The Labute approximate surface area is 318 Å². The molecule has 3 atom stereocenters. The topological polar surface area (TPSA) is 109 Å². The van der Waals surface area contributed by atoms with Crippen LogP contribution in [0.5, 0.6) is 5.75 Å². The normalized spacial score (nSPS) is 46.6. The van der Waals surface area contributed by atoms with Crippen molar-refractivity contribution in [2.75, 3.05) is 0 Å². The van der Waals surface area contributed by atoms with Crippen LogP contribution in [0, 0.1) is 58.7 Å². The largest absolute Gasteiger partial charge is 0.507 e. The van der Waals surface area contributed by atoms with E-state index in [-0.39, 0.29) is 52.0 Å². The van der Waals surface area contributed by atoms with E-state index in [1.54, 1.807) is 6.07 Å². The molecule has 13 aliphatic carbocycles. The SMILES string of the molecule is O=S(=O)(O)C(F)(F)C(F)(F)C(F)(F)S(=O)(=O)c1c(C23CC4CC(CC(C4)C2)C3)cc(C23CC4CC5CC(C5)(C2)C(C4)C3)c(O)c1C12CC3CC(CC(C3)C1)C2. The molecule has 1 aromatic rings. The molecule has 304 valence electrons. The Hall–Kier alpha value is -1.54. The van der Waals surface area contributed by atoms with Crippen molar-refractivity contribution in [1.82, 2.24) is 0 Å². The molecule has 0 heterocycles. The number of rotatable bonds is 8. The van der Waals surface area contributed by atoms with Crippen molar-refractivity contribution in [3.63, 3.8) is 0 Å². The second-order valence-electron chi connectivity index (χ2n) is 21.5. The van der Waals surface area contributed by atoms with Gasteiger partial charge in [0.15, 0.2) is 0 Å². The first-order valence-corrected chi connectivity index (χ1v) is 23.7. The average molecular weight is 817 g/mol. The molecule has 13 aliphatic rings. The van der Waals surface area contributed by atoms with Crippen molar-refractivity contribution in [3.05, 3.63) is 22.8 Å². The van der Waals surface area contributed by atoms with Gasteiger partial charge in [0, 0.05) is 22.0 Å². The van der Waals surface area contributed by atoms with Gasteiger partial charge in [-0.25, -0.2) is 8.42 Å². The molecule has 0 saturated heterocycles. The van der Waals surface area contributed by atoms with Crippen molar-refractivity contribution >= 4 is 20.0 Å². The smallest absolute Gasteiger partial charge is 0.439 e. The van der Waals surface area contributed by atoms with Crippen molar-refractivity contribution in [3.8, 4) is 5.75 Å². The fourth-order valence-corrected chi connectivity index (χ4v) is 19.9. The first kappa shape index (κ1) is 36.5. The minimum absolute atomic E-state index is 0.0339. The minimum atomic E-state index is -7.20. The number of hydrogen-bond donors (Lipinski definition) is 2. The maximum atomic E-state index is 16.7. The summed E-state index contributed by atoms with van der Waals surface area (Å²) in [5.74, 6) is -5.28. The van der Waals surface area contributed by atoms with E-state index in [4.69, 9.17) is 4.55 Å². The molecule has 3 unspecified atom stereocenters. The summed E-state index contributed by atoms with van der Waals surface area (Å²) in [6.07, 6.45) is 14.3. The molecule has 1 aromatic carbocycles. The number of phenolic OH excluding ortho intramolecular Hbond substituents is 1. The summed E-state index contributed by atoms with van der Waals surface area (Å²) in [6.45, 7) is 0. The predicted molar refractivity (Wildman–Crippen MR) is 188 cm³/mol. The third-order valence-electron chi connectivity index (χ3n) is 18.2. The number of halogens is 6. The van der Waals surface area contributed by atoms with Gasteiger partial charge >= 0.3 is 26.5 Å². The van der Waals surface area contributed by atoms with Crippen LogP contribution < -0.4 is 0 Å². The highest BCUT2D eigenvalue weighted by atomic mass is 32.2. The molecule has 2 N–H and O–H groups in total. The van der Waals surface area contributed by atoms with Crippen molar-refractivity contribution < 1.29 is 52.8 Å². The average Bonchev–Trinajstić information content (AvgIpc) is 3.15. The molecule has 6 nitrogen and oxygen atoms in total. The van der Waals surface area contributed by atoms with Crippen LogP contribution in [0.1, 0.15) is 139 Å². The lowest BCUT2D eigenvalue weighted by Crippen LogP contribution is -2.61. The van der Waals surface area contributed by atoms with Crippen molar-refractivity contribution in [2.24, 2.45) is 58.7 Å². The maximum Gasteiger partial charge on any atom is 0.439 e. The van der Waals surface area contributed by atoms with E-state index in [9.17, 15) is 30.7 Å². The number of benzene rings is 1. The fourth-order valence-electron chi connectivity index (χ4n) is 17.5. The number of fused-ring (bicyclic) bond motifs is 1. The van der Waals surface area contributed by atoms with Gasteiger partial charge in [-0.3, -0.25) is 4.55 Å². The molecule has 1 spiro atoms. The Kier molecular flexibility index (Phi) is 7.04. The van der Waals surface area contributed by atoms with Crippen LogP contribution in [-0.2, 0) is 36.2 Å². The fraction of sp³-hybridized carbons (Fsp3) is 0.854. The van der Waals surface area contributed by atoms with Crippen LogP contribution in [0.2, 0.25) is 0 Å². The van der Waals surface area contributed by atoms with E-state index in [0.717, 1.165) is 83.5 Å². The molecule has 13 bridgehead atoms. The Morgan fingerprint density at radius 3 is 1.47 bits per heavy atom. The van der Waals surface area contributed by atoms with Gasteiger partial charge in [0.05, 0.1) is 4.90 Å². The van der Waals surface area contributed by atoms with Gasteiger partial charge < -0.3 is 5.11 Å². The Morgan fingerprint density at radius 2 is 0.982 bits per heavy atom. The van der Waals surface area contributed by atoms with Gasteiger partial charge in [-0.1, -0.05) is 0 Å². The molecule has 13 saturated carbocycles. The highest BCUT2D eigenvalue weighted by Gasteiger charge is 2.83. The third-order valence-corrected chi connectivity index (χ3v) is 21.0. The van der Waals surface area contributed by atoms with E-state index in [1.807, 2.05) is 0 Å². The van der Waals surface area contributed by atoms with E-state index in [2.05, 4.69) is 0 Å². The zero-order valence-corrected chi connectivity index (χ0v) is 32.5. The molecule has 0 amide bonds. The summed E-state index contributed by atoms with van der Waals surface area (Å²) < 4.78 is 157. The van der Waals surface area contributed by atoms with Crippen LogP contribution in [0.4, 0.5) is 26.3 Å². The van der Waals surface area contributed by atoms with E-state index < -0.39 is 63.3 Å². The highest BCUT2D eigenvalue weighted by molar-refractivity contribution is 7.92. The molecular formula is C41H50F6O6S2. The summed E-state index contributed by atoms with van der Waals surface area (Å²) in [5, 5.41) is -0.513. The van der Waals surface area contributed by atoms with Gasteiger partial charge in [-0.2, -0.15) is 34.8 Å². The molecule has 0 aromatic heterocycles. The summed E-state index contributed by atoms with van der Waals surface area (Å²) in [5.41, 5.74) is -2.43. The number of aromatic hydroxyl groups is 1. The van der Waals surface area contributed by atoms with Crippen LogP contribution in [0.25, 0.3) is 0 Å². The standard InChI is InChI=1S/C41H50F6O6S2/c42-39(43,41(46,47)55(51,52)53)40(44,45)54(49,50)34-31(35-10-21-1-22(11-35)3-23(2-21)12-35)9-30(38-16-27-7-28-17-37(18-28,20-38)29(8-27)19-38)33(48)32(34)36-13-24-4-25(14-36)6-26(5-24)15-36/h9,21-29,48H,1-8,10-20H2,(H,51,52,53). The molecule has 14 rings (SSSR count). The van der Waals surface area contributed by atoms with Gasteiger partial charge in [0.25, 0.3) is 9.84 Å². The second-order valence-corrected chi connectivity index (χ2v) is 24.9. The molecular weight excluding hydrogens is 767 g/mol. The summed E-state index contributed by atoms with van der Waals surface area (Å²) >= 11 is 0. The lowest BCUT2D eigenvalue weighted by molar-refractivity contribution is -0.245. The Bertz CT molecular complexity index is 2040. The molecule has 0 radical (unpaired) electrons.